The van der Waals surface area contributed by atoms with Crippen LogP contribution in [0.15, 0.2) is 24.5 Å². The number of halogens is 2. The molecule has 4 N–H and O–H groups in total. The van der Waals surface area contributed by atoms with E-state index < -0.39 is 16.9 Å². The minimum atomic E-state index is -1.65. The number of nitrogens with two attached hydrogens (primary N) is 1. The van der Waals surface area contributed by atoms with E-state index in [0.29, 0.717) is 51.6 Å². The summed E-state index contributed by atoms with van der Waals surface area (Å²) < 4.78 is 41.7. The number of benzene rings is 1. The van der Waals surface area contributed by atoms with E-state index in [9.17, 15) is 4.39 Å². The molecule has 3 aromatic heterocycles. The lowest BCUT2D eigenvalue weighted by molar-refractivity contribution is -0.163. The van der Waals surface area contributed by atoms with Gasteiger partial charge in [0.15, 0.2) is 11.4 Å². The van der Waals surface area contributed by atoms with Gasteiger partial charge in [-0.25, -0.2) is 18.7 Å². The van der Waals surface area contributed by atoms with Gasteiger partial charge < -0.3 is 30.4 Å². The fraction of sp³-hybridized carbons (Fsp3) is 0.391. The minimum Gasteiger partial charge on any atom is -0.421 e. The fourth-order valence-electron chi connectivity index (χ4n) is 5.00. The van der Waals surface area contributed by atoms with E-state index in [4.69, 9.17) is 15.2 Å². The largest absolute Gasteiger partial charge is 0.421 e. The van der Waals surface area contributed by atoms with Crippen LogP contribution in [0.5, 0.6) is 11.8 Å². The van der Waals surface area contributed by atoms with Crippen LogP contribution < -0.4 is 20.7 Å². The number of nitrogens with zero attached hydrogens (tertiary/aromatic N) is 5. The quantitative estimate of drug-likeness (QED) is 0.393. The van der Waals surface area contributed by atoms with Crippen LogP contribution in [0.25, 0.3) is 21.9 Å². The number of aromatic nitrogens is 5. The van der Waals surface area contributed by atoms with Gasteiger partial charge in [-0.05, 0) is 19.1 Å². The van der Waals surface area contributed by atoms with Gasteiger partial charge in [-0.3, -0.25) is 0 Å². The molecule has 4 aromatic rings. The molecular formula is C23H24F2N8O2. The molecule has 1 atom stereocenters. The number of rotatable bonds is 5. The molecule has 2 aliphatic rings. The molecule has 5 heterocycles. The van der Waals surface area contributed by atoms with Gasteiger partial charge in [-0.2, -0.15) is 9.97 Å². The summed E-state index contributed by atoms with van der Waals surface area (Å²) in [4.78, 5) is 22.5. The minimum absolute atomic E-state index is 0.0208. The molecule has 1 aromatic carbocycles. The van der Waals surface area contributed by atoms with Gasteiger partial charge in [-0.15, -0.1) is 0 Å². The molecule has 182 valence electrons. The maximum absolute atomic E-state index is 16.0. The Hall–Kier alpha value is -3.64. The van der Waals surface area contributed by atoms with Gasteiger partial charge in [0.1, 0.15) is 23.1 Å². The average molecular weight is 482 g/mol. The number of anilines is 2. The van der Waals surface area contributed by atoms with Crippen LogP contribution in [-0.2, 0) is 4.74 Å². The summed E-state index contributed by atoms with van der Waals surface area (Å²) in [6.07, 6.45) is 3.04. The zero-order chi connectivity index (χ0) is 24.4. The van der Waals surface area contributed by atoms with Crippen molar-refractivity contribution in [3.63, 3.8) is 0 Å². The van der Waals surface area contributed by atoms with Gasteiger partial charge >= 0.3 is 6.01 Å². The number of hydrogen-bond acceptors (Lipinski definition) is 9. The van der Waals surface area contributed by atoms with Crippen LogP contribution in [-0.4, -0.2) is 70.5 Å². The molecule has 6 rings (SSSR count). The number of nitrogens with one attached hydrogen (secondary N) is 2. The predicted molar refractivity (Wildman–Crippen MR) is 126 cm³/mol. The number of fused-ring (bicyclic) bond motifs is 3. The highest BCUT2D eigenvalue weighted by Gasteiger charge is 2.62. The summed E-state index contributed by atoms with van der Waals surface area (Å²) in [5, 5.41) is 4.15. The standard InChI is InChI=1S/C23H24F2N8O2/c1-12-28-5-14(6-29-12)35-21-31-19-17(15-3-13(24)4-16(27-2)18(15)30-19)20(32-21)33-8-22(10-34-11-22)23(25,7-26)9-33/h3-6,27H,7-11,26H2,1-2H3,(H,30,31,32). The molecule has 10 nitrogen and oxygen atoms in total. The molecule has 0 saturated carbocycles. The second-order valence-corrected chi connectivity index (χ2v) is 9.17. The summed E-state index contributed by atoms with van der Waals surface area (Å²) in [7, 11) is 1.71. The Kier molecular flexibility index (Phi) is 4.80. The first kappa shape index (κ1) is 21.9. The Balaban J connectivity index is 1.54. The smallest absolute Gasteiger partial charge is 0.326 e. The van der Waals surface area contributed by atoms with Gasteiger partial charge in [0.25, 0.3) is 0 Å². The summed E-state index contributed by atoms with van der Waals surface area (Å²) in [5.74, 6) is 0.956. The molecule has 12 heteroatoms. The molecule has 2 saturated heterocycles. The van der Waals surface area contributed by atoms with E-state index >= 15 is 4.39 Å². The number of hydrogen-bond donors (Lipinski definition) is 3. The molecule has 1 spiro atoms. The molecule has 0 bridgehead atoms. The first-order valence-corrected chi connectivity index (χ1v) is 11.2. The van der Waals surface area contributed by atoms with Crippen LogP contribution in [0, 0.1) is 18.2 Å². The summed E-state index contributed by atoms with van der Waals surface area (Å²) >= 11 is 0. The Morgan fingerprint density at radius 3 is 2.63 bits per heavy atom. The highest BCUT2D eigenvalue weighted by Crippen LogP contribution is 2.49. The third kappa shape index (κ3) is 3.27. The molecule has 1 unspecified atom stereocenters. The van der Waals surface area contributed by atoms with E-state index in [1.165, 1.54) is 24.5 Å². The Morgan fingerprint density at radius 2 is 2.00 bits per heavy atom. The second kappa shape index (κ2) is 7.68. The van der Waals surface area contributed by atoms with Crippen LogP contribution in [0.2, 0.25) is 0 Å². The topological polar surface area (TPSA) is 127 Å². The van der Waals surface area contributed by atoms with E-state index in [2.05, 4.69) is 30.2 Å². The fourth-order valence-corrected chi connectivity index (χ4v) is 5.00. The van der Waals surface area contributed by atoms with E-state index in [0.717, 1.165) is 0 Å². The number of H-pyrrole nitrogens is 1. The van der Waals surface area contributed by atoms with Crippen molar-refractivity contribution in [3.8, 4) is 11.8 Å². The Labute approximate surface area is 198 Å². The zero-order valence-corrected chi connectivity index (χ0v) is 19.2. The van der Waals surface area contributed by atoms with Gasteiger partial charge in [0.05, 0.1) is 54.2 Å². The highest BCUT2D eigenvalue weighted by molar-refractivity contribution is 6.14. The SMILES string of the molecule is CNc1cc(F)cc2c1[nH]c1nc(Oc3cnc(C)nc3)nc(N3CC(F)(CN)C4(COC4)C3)c12. The molecule has 35 heavy (non-hydrogen) atoms. The lowest BCUT2D eigenvalue weighted by Crippen LogP contribution is -2.60. The first-order valence-electron chi connectivity index (χ1n) is 11.2. The molecule has 2 fully saturated rings. The van der Waals surface area contributed by atoms with Crippen LogP contribution in [0.3, 0.4) is 0 Å². The number of ether oxygens (including phenoxy) is 2. The summed E-state index contributed by atoms with van der Waals surface area (Å²) in [5.41, 5.74) is 5.15. The predicted octanol–water partition coefficient (Wildman–Crippen LogP) is 2.69. The van der Waals surface area contributed by atoms with Gasteiger partial charge in [0, 0.05) is 25.5 Å². The lowest BCUT2D eigenvalue weighted by atomic mass is 9.74. The van der Waals surface area contributed by atoms with Gasteiger partial charge in [-0.1, -0.05) is 0 Å². The maximum Gasteiger partial charge on any atom is 0.326 e. The Morgan fingerprint density at radius 1 is 1.23 bits per heavy atom. The molecule has 2 aliphatic heterocycles. The van der Waals surface area contributed by atoms with Crippen molar-refractivity contribution in [2.45, 2.75) is 12.6 Å². The Bertz CT molecular complexity index is 1430. The highest BCUT2D eigenvalue weighted by atomic mass is 19.1. The lowest BCUT2D eigenvalue weighted by Gasteiger charge is -2.44. The van der Waals surface area contributed by atoms with Crippen molar-refractivity contribution in [2.75, 3.05) is 50.1 Å². The summed E-state index contributed by atoms with van der Waals surface area (Å²) in [6, 6.07) is 2.84. The van der Waals surface area contributed by atoms with Crippen LogP contribution in [0.1, 0.15) is 5.82 Å². The number of aromatic amines is 1. The van der Waals surface area contributed by atoms with Crippen LogP contribution >= 0.6 is 0 Å². The normalized spacial score (nSPS) is 21.1. The van der Waals surface area contributed by atoms with E-state index in [-0.39, 0.29) is 32.3 Å². The van der Waals surface area contributed by atoms with Gasteiger partial charge in [0.2, 0.25) is 0 Å². The van der Waals surface area contributed by atoms with E-state index in [1.54, 1.807) is 14.0 Å². The average Bonchev–Trinajstić information content (AvgIpc) is 3.35. The van der Waals surface area contributed by atoms with Crippen molar-refractivity contribution < 1.29 is 18.3 Å². The van der Waals surface area contributed by atoms with Crippen molar-refractivity contribution in [1.29, 1.82) is 0 Å². The number of alkyl halides is 1. The molecule has 0 amide bonds. The molecule has 0 aliphatic carbocycles. The van der Waals surface area contributed by atoms with Crippen molar-refractivity contribution in [1.82, 2.24) is 24.9 Å². The monoisotopic (exact) mass is 482 g/mol. The number of aryl methyl sites for hydroxylation is 1. The van der Waals surface area contributed by atoms with E-state index in [1.807, 2.05) is 4.90 Å². The molecular weight excluding hydrogens is 458 g/mol. The second-order valence-electron chi connectivity index (χ2n) is 9.17. The van der Waals surface area contributed by atoms with Crippen molar-refractivity contribution in [3.05, 3.63) is 36.2 Å². The van der Waals surface area contributed by atoms with Crippen molar-refractivity contribution >= 4 is 33.4 Å². The summed E-state index contributed by atoms with van der Waals surface area (Å²) in [6.45, 7) is 2.55. The third-order valence-electron chi connectivity index (χ3n) is 6.99. The van der Waals surface area contributed by atoms with Crippen LogP contribution in [0.4, 0.5) is 20.3 Å². The van der Waals surface area contributed by atoms with Crippen molar-refractivity contribution in [2.24, 2.45) is 11.1 Å². The third-order valence-corrected chi connectivity index (χ3v) is 6.99. The first-order chi connectivity index (χ1) is 16.8. The molecule has 0 radical (unpaired) electrons. The maximum atomic E-state index is 16.0. The zero-order valence-electron chi connectivity index (χ0n) is 19.2.